The molecule has 1 saturated carbocycles. The van der Waals surface area contributed by atoms with Crippen molar-refractivity contribution in [2.75, 3.05) is 19.6 Å². The second-order valence-electron chi connectivity index (χ2n) is 8.37. The number of nitrogens with one attached hydrogen (secondary N) is 1. The van der Waals surface area contributed by atoms with Crippen molar-refractivity contribution in [3.63, 3.8) is 0 Å². The van der Waals surface area contributed by atoms with Gasteiger partial charge >= 0.3 is 11.7 Å². The Balaban J connectivity index is 1.60. The van der Waals surface area contributed by atoms with Crippen LogP contribution in [0.1, 0.15) is 45.6 Å². The van der Waals surface area contributed by atoms with Crippen molar-refractivity contribution in [3.05, 3.63) is 28.8 Å². The van der Waals surface area contributed by atoms with Crippen LogP contribution in [0.5, 0.6) is 0 Å². The number of nitrogens with zero attached hydrogens (tertiary/aromatic N) is 4. The van der Waals surface area contributed by atoms with Crippen LogP contribution in [0.3, 0.4) is 0 Å². The fourth-order valence-corrected chi connectivity index (χ4v) is 3.93. The first-order valence-electron chi connectivity index (χ1n) is 10.1. The molecule has 0 spiro atoms. The van der Waals surface area contributed by atoms with Crippen LogP contribution in [-0.4, -0.2) is 44.7 Å². The second-order valence-corrected chi connectivity index (χ2v) is 8.37. The Labute approximate surface area is 159 Å². The Morgan fingerprint density at radius 1 is 1.33 bits per heavy atom. The van der Waals surface area contributed by atoms with Gasteiger partial charge in [0.25, 0.3) is 0 Å². The van der Waals surface area contributed by atoms with Gasteiger partial charge in [-0.15, -0.1) is 0 Å². The van der Waals surface area contributed by atoms with E-state index in [1.54, 1.807) is 6.20 Å². The molecule has 0 aromatic carbocycles. The summed E-state index contributed by atoms with van der Waals surface area (Å²) in [6.07, 6.45) is 5.94. The van der Waals surface area contributed by atoms with Gasteiger partial charge in [-0.3, -0.25) is 9.13 Å². The number of aromatic nitrogens is 3. The number of fused-ring (bicyclic) bond motifs is 1. The maximum Gasteiger partial charge on any atom is 0.330 e. The molecule has 2 amide bonds. The maximum absolute atomic E-state index is 13.2. The number of hydrogen-bond acceptors (Lipinski definition) is 3. The zero-order chi connectivity index (χ0) is 19.0. The number of carbonyl (C=O) groups excluding carboxylic acids is 1. The molecule has 1 saturated heterocycles. The molecule has 2 aliphatic rings. The summed E-state index contributed by atoms with van der Waals surface area (Å²) < 4.78 is 3.72. The van der Waals surface area contributed by atoms with E-state index in [0.717, 1.165) is 37.1 Å². The zero-order valence-corrected chi connectivity index (χ0v) is 16.2. The van der Waals surface area contributed by atoms with Crippen LogP contribution in [0, 0.1) is 11.8 Å². The first-order chi connectivity index (χ1) is 13.0. The van der Waals surface area contributed by atoms with E-state index in [1.807, 2.05) is 26.2 Å². The molecule has 3 heterocycles. The lowest BCUT2D eigenvalue weighted by Crippen LogP contribution is -2.47. The average molecular weight is 371 g/mol. The molecule has 7 heteroatoms. The Bertz CT molecular complexity index is 880. The summed E-state index contributed by atoms with van der Waals surface area (Å²) in [6, 6.07) is 3.82. The van der Waals surface area contributed by atoms with Crippen molar-refractivity contribution in [2.24, 2.45) is 11.8 Å². The van der Waals surface area contributed by atoms with Gasteiger partial charge in [-0.2, -0.15) is 0 Å². The quantitative estimate of drug-likeness (QED) is 0.878. The van der Waals surface area contributed by atoms with Gasteiger partial charge in [0.05, 0.1) is 11.6 Å². The van der Waals surface area contributed by atoms with Gasteiger partial charge < -0.3 is 10.2 Å². The minimum atomic E-state index is -0.0314. The van der Waals surface area contributed by atoms with E-state index in [9.17, 15) is 9.59 Å². The SMILES string of the molecule is CC(C)CNC(=O)N1CCC[C@H](n2c(=O)n(CC3CC3)c3cccnc32)C1. The highest BCUT2D eigenvalue weighted by atomic mass is 16.2. The maximum atomic E-state index is 13.2. The van der Waals surface area contributed by atoms with Crippen LogP contribution < -0.4 is 11.0 Å². The largest absolute Gasteiger partial charge is 0.338 e. The highest BCUT2D eigenvalue weighted by Crippen LogP contribution is 2.32. The summed E-state index contributed by atoms with van der Waals surface area (Å²) in [5, 5.41) is 2.99. The number of amides is 2. The third-order valence-corrected chi connectivity index (χ3v) is 5.57. The molecule has 4 rings (SSSR count). The van der Waals surface area contributed by atoms with Gasteiger partial charge in [-0.05, 0) is 49.7 Å². The standard InChI is InChI=1S/C20H29N5O2/c1-14(2)11-22-19(26)23-10-4-5-16(13-23)25-18-17(6-3-9-21-18)24(20(25)27)12-15-7-8-15/h3,6,9,14-16H,4-5,7-8,10-13H2,1-2H3,(H,22,26)/t16-/m0/s1. The second kappa shape index (κ2) is 7.37. The van der Waals surface area contributed by atoms with Gasteiger partial charge in [-0.25, -0.2) is 14.6 Å². The van der Waals surface area contributed by atoms with Crippen LogP contribution in [0.2, 0.25) is 0 Å². The monoisotopic (exact) mass is 371 g/mol. The van der Waals surface area contributed by atoms with Crippen molar-refractivity contribution < 1.29 is 4.79 Å². The lowest BCUT2D eigenvalue weighted by Gasteiger charge is -2.33. The predicted octanol–water partition coefficient (Wildman–Crippen LogP) is 2.61. The van der Waals surface area contributed by atoms with Gasteiger partial charge in [0, 0.05) is 32.4 Å². The summed E-state index contributed by atoms with van der Waals surface area (Å²) in [5.74, 6) is 1.04. The van der Waals surface area contributed by atoms with Crippen LogP contribution in [0.15, 0.2) is 23.1 Å². The third kappa shape index (κ3) is 3.73. The molecule has 1 aliphatic carbocycles. The van der Waals surface area contributed by atoms with Crippen LogP contribution in [0.4, 0.5) is 4.79 Å². The molecular weight excluding hydrogens is 342 g/mol. The summed E-state index contributed by atoms with van der Waals surface area (Å²) in [7, 11) is 0. The number of carbonyl (C=O) groups is 1. The number of urea groups is 1. The molecule has 0 unspecified atom stereocenters. The Morgan fingerprint density at radius 2 is 2.15 bits per heavy atom. The lowest BCUT2D eigenvalue weighted by molar-refractivity contribution is 0.165. The first kappa shape index (κ1) is 18.1. The van der Waals surface area contributed by atoms with E-state index in [1.165, 1.54) is 12.8 Å². The van der Waals surface area contributed by atoms with E-state index >= 15 is 0 Å². The lowest BCUT2D eigenvalue weighted by atomic mass is 10.1. The smallest absolute Gasteiger partial charge is 0.330 e. The zero-order valence-electron chi connectivity index (χ0n) is 16.2. The van der Waals surface area contributed by atoms with Crippen molar-refractivity contribution in [2.45, 2.75) is 52.1 Å². The van der Waals surface area contributed by atoms with Gasteiger partial charge in [0.2, 0.25) is 0 Å². The van der Waals surface area contributed by atoms with Crippen LogP contribution in [0.25, 0.3) is 11.2 Å². The average Bonchev–Trinajstić information content (AvgIpc) is 3.44. The summed E-state index contributed by atoms with van der Waals surface area (Å²) in [5.41, 5.74) is 1.68. The van der Waals surface area contributed by atoms with E-state index in [2.05, 4.69) is 24.1 Å². The highest BCUT2D eigenvalue weighted by Gasteiger charge is 2.30. The molecular formula is C20H29N5O2. The van der Waals surface area contributed by atoms with Crippen molar-refractivity contribution in [3.8, 4) is 0 Å². The van der Waals surface area contributed by atoms with Crippen molar-refractivity contribution in [1.82, 2.24) is 24.3 Å². The Hall–Kier alpha value is -2.31. The Kier molecular flexibility index (Phi) is 4.93. The number of imidazole rings is 1. The number of rotatable bonds is 5. The Morgan fingerprint density at radius 3 is 2.89 bits per heavy atom. The van der Waals surface area contributed by atoms with E-state index < -0.39 is 0 Å². The summed E-state index contributed by atoms with van der Waals surface area (Å²) >= 11 is 0. The molecule has 2 fully saturated rings. The molecule has 7 nitrogen and oxygen atoms in total. The predicted molar refractivity (Wildman–Crippen MR) is 105 cm³/mol. The summed E-state index contributed by atoms with van der Waals surface area (Å²) in [6.45, 7) is 6.91. The van der Waals surface area contributed by atoms with E-state index in [-0.39, 0.29) is 17.8 Å². The number of piperidine rings is 1. The molecule has 2 aromatic heterocycles. The molecule has 146 valence electrons. The molecule has 0 radical (unpaired) electrons. The van der Waals surface area contributed by atoms with E-state index in [0.29, 0.717) is 24.9 Å². The normalized spacial score (nSPS) is 20.4. The summed E-state index contributed by atoms with van der Waals surface area (Å²) in [4.78, 5) is 32.1. The fourth-order valence-electron chi connectivity index (χ4n) is 3.93. The molecule has 27 heavy (non-hydrogen) atoms. The van der Waals surface area contributed by atoms with E-state index in [4.69, 9.17) is 0 Å². The van der Waals surface area contributed by atoms with Crippen molar-refractivity contribution >= 4 is 17.2 Å². The minimum absolute atomic E-state index is 0.0186. The van der Waals surface area contributed by atoms with Crippen LogP contribution in [-0.2, 0) is 6.54 Å². The molecule has 1 aliphatic heterocycles. The third-order valence-electron chi connectivity index (χ3n) is 5.57. The molecule has 2 aromatic rings. The minimum Gasteiger partial charge on any atom is -0.338 e. The van der Waals surface area contributed by atoms with Gasteiger partial charge in [-0.1, -0.05) is 13.8 Å². The van der Waals surface area contributed by atoms with Crippen LogP contribution >= 0.6 is 0 Å². The van der Waals surface area contributed by atoms with Gasteiger partial charge in [0.15, 0.2) is 5.65 Å². The van der Waals surface area contributed by atoms with Gasteiger partial charge in [0.1, 0.15) is 0 Å². The first-order valence-corrected chi connectivity index (χ1v) is 10.1. The molecule has 1 atom stereocenters. The number of hydrogen-bond donors (Lipinski definition) is 1. The number of likely N-dealkylation sites (tertiary alicyclic amines) is 1. The van der Waals surface area contributed by atoms with Crippen molar-refractivity contribution in [1.29, 1.82) is 0 Å². The topological polar surface area (TPSA) is 72.2 Å². The molecule has 0 bridgehead atoms. The number of pyridine rings is 1. The highest BCUT2D eigenvalue weighted by molar-refractivity contribution is 5.74. The fraction of sp³-hybridized carbons (Fsp3) is 0.650. The molecule has 1 N–H and O–H groups in total.